The topological polar surface area (TPSA) is 43.8 Å². The summed E-state index contributed by atoms with van der Waals surface area (Å²) in [5, 5.41) is 5.57. The second-order valence-electron chi connectivity index (χ2n) is 4.56. The maximum absolute atomic E-state index is 6.12. The normalized spacial score (nSPS) is 10.9. The molecule has 1 aromatic heterocycles. The Balaban J connectivity index is 2.50. The Morgan fingerprint density at radius 2 is 2.00 bits per heavy atom. The number of hydrogen-bond acceptors (Lipinski definition) is 2. The van der Waals surface area contributed by atoms with E-state index in [4.69, 9.17) is 28.9 Å². The van der Waals surface area contributed by atoms with Gasteiger partial charge in [-0.3, -0.25) is 4.68 Å². The van der Waals surface area contributed by atoms with Crippen LogP contribution in [0.2, 0.25) is 10.0 Å². The molecule has 1 aromatic carbocycles. The number of halogens is 2. The van der Waals surface area contributed by atoms with Gasteiger partial charge in [-0.05, 0) is 30.5 Å². The molecule has 3 nitrogen and oxygen atoms in total. The lowest BCUT2D eigenvalue weighted by molar-refractivity contribution is 0.718. The minimum absolute atomic E-state index is 0.531. The van der Waals surface area contributed by atoms with E-state index in [0.717, 1.165) is 36.1 Å². The van der Waals surface area contributed by atoms with Gasteiger partial charge in [0.25, 0.3) is 0 Å². The monoisotopic (exact) mass is 297 g/mol. The Bertz CT molecular complexity index is 591. The van der Waals surface area contributed by atoms with Crippen LogP contribution >= 0.6 is 23.2 Å². The maximum Gasteiger partial charge on any atom is 0.129 e. The van der Waals surface area contributed by atoms with Gasteiger partial charge in [-0.25, -0.2) is 0 Å². The summed E-state index contributed by atoms with van der Waals surface area (Å²) in [4.78, 5) is 0. The summed E-state index contributed by atoms with van der Waals surface area (Å²) >= 11 is 12.0. The van der Waals surface area contributed by atoms with Crippen LogP contribution in [-0.4, -0.2) is 9.78 Å². The van der Waals surface area contributed by atoms with Crippen molar-refractivity contribution in [3.8, 4) is 11.1 Å². The molecule has 2 rings (SSSR count). The average Bonchev–Trinajstić information content (AvgIpc) is 2.66. The molecule has 0 aliphatic carbocycles. The smallest absolute Gasteiger partial charge is 0.129 e. The summed E-state index contributed by atoms with van der Waals surface area (Å²) < 4.78 is 1.71. The predicted octanol–water partition coefficient (Wildman–Crippen LogP) is 4.32. The van der Waals surface area contributed by atoms with Crippen molar-refractivity contribution in [3.63, 3.8) is 0 Å². The van der Waals surface area contributed by atoms with Crippen molar-refractivity contribution in [3.05, 3.63) is 33.9 Å². The molecule has 0 saturated heterocycles. The molecule has 0 bridgehead atoms. The third kappa shape index (κ3) is 2.88. The summed E-state index contributed by atoms with van der Waals surface area (Å²) in [5.41, 5.74) is 9.06. The first-order chi connectivity index (χ1) is 9.04. The van der Waals surface area contributed by atoms with Crippen molar-refractivity contribution in [2.45, 2.75) is 26.2 Å². The number of aromatic nitrogens is 2. The van der Waals surface area contributed by atoms with E-state index < -0.39 is 0 Å². The molecule has 0 spiro atoms. The third-order valence-corrected chi connectivity index (χ3v) is 3.88. The molecule has 2 N–H and O–H groups in total. The van der Waals surface area contributed by atoms with E-state index in [1.807, 2.05) is 19.2 Å². The summed E-state index contributed by atoms with van der Waals surface area (Å²) in [6.07, 6.45) is 3.12. The number of nitrogens with two attached hydrogens (primary N) is 1. The van der Waals surface area contributed by atoms with E-state index in [2.05, 4.69) is 12.0 Å². The van der Waals surface area contributed by atoms with Gasteiger partial charge in [-0.2, -0.15) is 5.10 Å². The number of aryl methyl sites for hydroxylation is 2. The molecule has 1 heterocycles. The average molecular weight is 298 g/mol. The number of rotatable bonds is 4. The Morgan fingerprint density at radius 3 is 2.63 bits per heavy atom. The minimum atomic E-state index is 0.531. The summed E-state index contributed by atoms with van der Waals surface area (Å²) in [5.74, 6) is 0.657. The van der Waals surface area contributed by atoms with E-state index in [1.165, 1.54) is 0 Å². The lowest BCUT2D eigenvalue weighted by atomic mass is 10.0. The maximum atomic E-state index is 6.12. The zero-order valence-electron chi connectivity index (χ0n) is 11.1. The number of nitrogen functional groups attached to an aromatic ring is 1. The van der Waals surface area contributed by atoms with Gasteiger partial charge in [0.1, 0.15) is 5.82 Å². The quantitative estimate of drug-likeness (QED) is 0.913. The molecule has 102 valence electrons. The van der Waals surface area contributed by atoms with E-state index in [0.29, 0.717) is 15.9 Å². The fourth-order valence-corrected chi connectivity index (χ4v) is 2.38. The summed E-state index contributed by atoms with van der Waals surface area (Å²) in [6, 6.07) is 5.55. The van der Waals surface area contributed by atoms with Crippen LogP contribution in [0.25, 0.3) is 11.1 Å². The van der Waals surface area contributed by atoms with E-state index >= 15 is 0 Å². The summed E-state index contributed by atoms with van der Waals surface area (Å²) in [7, 11) is 1.85. The van der Waals surface area contributed by atoms with Crippen molar-refractivity contribution < 1.29 is 0 Å². The van der Waals surface area contributed by atoms with Gasteiger partial charge in [-0.1, -0.05) is 42.6 Å². The third-order valence-electron chi connectivity index (χ3n) is 3.14. The van der Waals surface area contributed by atoms with Crippen LogP contribution in [0.1, 0.15) is 25.5 Å². The number of hydrogen-bond donors (Lipinski definition) is 1. The zero-order chi connectivity index (χ0) is 14.0. The van der Waals surface area contributed by atoms with Crippen LogP contribution in [0, 0.1) is 0 Å². The molecule has 0 fully saturated rings. The largest absolute Gasteiger partial charge is 0.383 e. The molecular formula is C14H17Cl2N3. The van der Waals surface area contributed by atoms with Gasteiger partial charge < -0.3 is 5.73 Å². The van der Waals surface area contributed by atoms with Gasteiger partial charge in [0, 0.05) is 12.6 Å². The molecule has 0 atom stereocenters. The highest BCUT2D eigenvalue weighted by Gasteiger charge is 2.16. The van der Waals surface area contributed by atoms with Crippen LogP contribution in [0.3, 0.4) is 0 Å². The zero-order valence-corrected chi connectivity index (χ0v) is 12.6. The van der Waals surface area contributed by atoms with Gasteiger partial charge in [0.15, 0.2) is 0 Å². The van der Waals surface area contributed by atoms with Crippen LogP contribution in [-0.2, 0) is 13.5 Å². The molecule has 5 heteroatoms. The van der Waals surface area contributed by atoms with Crippen LogP contribution in [0.15, 0.2) is 18.2 Å². The Hall–Kier alpha value is -1.19. The molecule has 0 aliphatic rings. The van der Waals surface area contributed by atoms with E-state index in [1.54, 1.807) is 10.7 Å². The van der Waals surface area contributed by atoms with Crippen molar-refractivity contribution >= 4 is 29.0 Å². The second-order valence-corrected chi connectivity index (χ2v) is 5.38. The lowest BCUT2D eigenvalue weighted by Crippen LogP contribution is -1.98. The minimum Gasteiger partial charge on any atom is -0.383 e. The van der Waals surface area contributed by atoms with Crippen molar-refractivity contribution in [2.24, 2.45) is 7.05 Å². The fourth-order valence-electron chi connectivity index (χ4n) is 2.08. The fraction of sp³-hybridized carbons (Fsp3) is 0.357. The van der Waals surface area contributed by atoms with Crippen molar-refractivity contribution in [2.75, 3.05) is 5.73 Å². The van der Waals surface area contributed by atoms with Gasteiger partial charge >= 0.3 is 0 Å². The molecule has 19 heavy (non-hydrogen) atoms. The van der Waals surface area contributed by atoms with Gasteiger partial charge in [0.05, 0.1) is 15.7 Å². The van der Waals surface area contributed by atoms with Crippen molar-refractivity contribution in [1.29, 1.82) is 0 Å². The highest BCUT2D eigenvalue weighted by molar-refractivity contribution is 6.42. The van der Waals surface area contributed by atoms with Crippen LogP contribution in [0.5, 0.6) is 0 Å². The first-order valence-corrected chi connectivity index (χ1v) is 7.07. The van der Waals surface area contributed by atoms with Crippen LogP contribution in [0.4, 0.5) is 5.82 Å². The first kappa shape index (κ1) is 14.2. The lowest BCUT2D eigenvalue weighted by Gasteiger charge is -2.05. The highest BCUT2D eigenvalue weighted by Crippen LogP contribution is 2.34. The van der Waals surface area contributed by atoms with Gasteiger partial charge in [-0.15, -0.1) is 0 Å². The highest BCUT2D eigenvalue weighted by atomic mass is 35.5. The van der Waals surface area contributed by atoms with E-state index in [9.17, 15) is 0 Å². The predicted molar refractivity (Wildman–Crippen MR) is 81.7 cm³/mol. The number of benzene rings is 1. The van der Waals surface area contributed by atoms with Gasteiger partial charge in [0.2, 0.25) is 0 Å². The molecule has 0 unspecified atom stereocenters. The number of anilines is 1. The molecule has 2 aromatic rings. The summed E-state index contributed by atoms with van der Waals surface area (Å²) in [6.45, 7) is 2.16. The van der Waals surface area contributed by atoms with Crippen LogP contribution < -0.4 is 5.73 Å². The molecule has 0 aliphatic heterocycles. The van der Waals surface area contributed by atoms with E-state index in [-0.39, 0.29) is 0 Å². The molecule has 0 saturated carbocycles. The Morgan fingerprint density at radius 1 is 1.26 bits per heavy atom. The number of unbranched alkanes of at least 4 members (excludes halogenated alkanes) is 1. The SMILES string of the molecule is CCCCc1nn(C)c(N)c1-c1ccc(Cl)c(Cl)c1. The standard InChI is InChI=1S/C14H17Cl2N3/c1-3-4-5-12-13(14(17)19(2)18-12)9-6-7-10(15)11(16)8-9/h6-8H,3-5,17H2,1-2H3. The molecular weight excluding hydrogens is 281 g/mol. The molecule has 0 radical (unpaired) electrons. The second kappa shape index (κ2) is 5.85. The first-order valence-electron chi connectivity index (χ1n) is 6.31. The Labute approximate surface area is 123 Å². The Kier molecular flexibility index (Phi) is 4.38. The van der Waals surface area contributed by atoms with Crippen molar-refractivity contribution in [1.82, 2.24) is 9.78 Å². The molecule has 0 amide bonds. The number of nitrogens with zero attached hydrogens (tertiary/aromatic N) is 2.